The molecule has 0 aliphatic carbocycles. The highest BCUT2D eigenvalue weighted by Gasteiger charge is 2.33. The summed E-state index contributed by atoms with van der Waals surface area (Å²) in [6.45, 7) is 2.35. The maximum atomic E-state index is 12.7. The molecule has 3 N–H and O–H groups in total. The number of hydrogen-bond donors (Lipinski definition) is 2. The Morgan fingerprint density at radius 2 is 2.19 bits per heavy atom. The van der Waals surface area contributed by atoms with Gasteiger partial charge in [-0.05, 0) is 24.5 Å². The molecule has 1 aliphatic rings. The van der Waals surface area contributed by atoms with Gasteiger partial charge in [-0.3, -0.25) is 0 Å². The Hall–Kier alpha value is -0.730. The van der Waals surface area contributed by atoms with Gasteiger partial charge in [0, 0.05) is 18.7 Å². The SMILES string of the molecule is CC1CN(S(=O)(=O)c2cc(C(N)=S)ccc2Cl)CCC1O. The largest absolute Gasteiger partial charge is 0.393 e. The van der Waals surface area contributed by atoms with Gasteiger partial charge in [0.1, 0.15) is 9.88 Å². The zero-order valence-electron chi connectivity index (χ0n) is 11.5. The standard InChI is InChI=1S/C13H17ClN2O3S2/c1-8-7-16(5-4-11(8)17)21(18,19)12-6-9(13(15)20)2-3-10(12)14/h2-3,6,8,11,17H,4-5,7H2,1H3,(H2,15,20). The summed E-state index contributed by atoms with van der Waals surface area (Å²) < 4.78 is 26.8. The van der Waals surface area contributed by atoms with Crippen molar-refractivity contribution in [3.05, 3.63) is 28.8 Å². The Morgan fingerprint density at radius 3 is 2.76 bits per heavy atom. The molecule has 1 aliphatic heterocycles. The van der Waals surface area contributed by atoms with Gasteiger partial charge in [0.2, 0.25) is 10.0 Å². The van der Waals surface area contributed by atoms with Gasteiger partial charge in [-0.25, -0.2) is 8.42 Å². The number of benzene rings is 1. The third-order valence-electron chi connectivity index (χ3n) is 3.66. The average Bonchev–Trinajstić information content (AvgIpc) is 2.41. The van der Waals surface area contributed by atoms with E-state index in [4.69, 9.17) is 29.6 Å². The van der Waals surface area contributed by atoms with Crippen molar-refractivity contribution >= 4 is 38.8 Å². The molecule has 1 heterocycles. The average molecular weight is 349 g/mol. The van der Waals surface area contributed by atoms with Crippen molar-refractivity contribution in [2.45, 2.75) is 24.3 Å². The molecule has 5 nitrogen and oxygen atoms in total. The first-order chi connectivity index (χ1) is 9.73. The summed E-state index contributed by atoms with van der Waals surface area (Å²) in [6, 6.07) is 4.47. The first-order valence-electron chi connectivity index (χ1n) is 6.51. The Balaban J connectivity index is 2.40. The van der Waals surface area contributed by atoms with Crippen LogP contribution in [-0.4, -0.2) is 42.0 Å². The fourth-order valence-electron chi connectivity index (χ4n) is 2.31. The van der Waals surface area contributed by atoms with Crippen molar-refractivity contribution < 1.29 is 13.5 Å². The molecule has 0 amide bonds. The molecule has 0 aromatic heterocycles. The number of rotatable bonds is 3. The third kappa shape index (κ3) is 3.37. The molecule has 116 valence electrons. The van der Waals surface area contributed by atoms with Crippen LogP contribution in [0.4, 0.5) is 0 Å². The van der Waals surface area contributed by atoms with E-state index in [0.717, 1.165) is 0 Å². The van der Waals surface area contributed by atoms with Crippen molar-refractivity contribution in [1.29, 1.82) is 0 Å². The second-order valence-electron chi connectivity index (χ2n) is 5.21. The van der Waals surface area contributed by atoms with E-state index in [1.54, 1.807) is 6.07 Å². The topological polar surface area (TPSA) is 83.6 Å². The molecule has 0 radical (unpaired) electrons. The number of aliphatic hydroxyl groups is 1. The summed E-state index contributed by atoms with van der Waals surface area (Å²) in [5.41, 5.74) is 6.00. The highest BCUT2D eigenvalue weighted by atomic mass is 35.5. The molecule has 1 saturated heterocycles. The van der Waals surface area contributed by atoms with Gasteiger partial charge >= 0.3 is 0 Å². The van der Waals surface area contributed by atoms with E-state index in [-0.39, 0.29) is 33.9 Å². The van der Waals surface area contributed by atoms with Crippen LogP contribution in [0, 0.1) is 5.92 Å². The molecular formula is C13H17ClN2O3S2. The molecule has 1 aromatic rings. The van der Waals surface area contributed by atoms with Crippen LogP contribution in [0.5, 0.6) is 0 Å². The van der Waals surface area contributed by atoms with Gasteiger partial charge in [-0.15, -0.1) is 0 Å². The number of nitrogens with two attached hydrogens (primary N) is 1. The zero-order chi connectivity index (χ0) is 15.8. The van der Waals surface area contributed by atoms with Crippen molar-refractivity contribution in [2.75, 3.05) is 13.1 Å². The maximum absolute atomic E-state index is 12.7. The van der Waals surface area contributed by atoms with Crippen LogP contribution in [-0.2, 0) is 10.0 Å². The second-order valence-corrected chi connectivity index (χ2v) is 7.96. The molecule has 2 atom stereocenters. The van der Waals surface area contributed by atoms with Gasteiger partial charge in [0.15, 0.2) is 0 Å². The van der Waals surface area contributed by atoms with Gasteiger partial charge in [0.25, 0.3) is 0 Å². The van der Waals surface area contributed by atoms with E-state index in [0.29, 0.717) is 12.0 Å². The van der Waals surface area contributed by atoms with E-state index < -0.39 is 16.1 Å². The Bertz CT molecular complexity index is 663. The summed E-state index contributed by atoms with van der Waals surface area (Å²) in [5, 5.41) is 9.86. The first kappa shape index (κ1) is 16.6. The van der Waals surface area contributed by atoms with Gasteiger partial charge in [0.05, 0.1) is 11.1 Å². The fourth-order valence-corrected chi connectivity index (χ4v) is 4.49. The predicted octanol–water partition coefficient (Wildman–Crippen LogP) is 1.37. The van der Waals surface area contributed by atoms with Crippen molar-refractivity contribution in [3.8, 4) is 0 Å². The minimum atomic E-state index is -3.73. The van der Waals surface area contributed by atoms with Crippen LogP contribution < -0.4 is 5.73 Å². The van der Waals surface area contributed by atoms with E-state index in [1.165, 1.54) is 16.4 Å². The number of aliphatic hydroxyl groups excluding tert-OH is 1. The summed E-state index contributed by atoms with van der Waals surface area (Å²) in [4.78, 5) is 0.114. The molecule has 0 saturated carbocycles. The van der Waals surface area contributed by atoms with Crippen molar-refractivity contribution in [2.24, 2.45) is 11.7 Å². The van der Waals surface area contributed by atoms with Crippen LogP contribution in [0.3, 0.4) is 0 Å². The van der Waals surface area contributed by atoms with E-state index >= 15 is 0 Å². The molecule has 2 unspecified atom stereocenters. The molecule has 0 bridgehead atoms. The lowest BCUT2D eigenvalue weighted by atomic mass is 9.99. The quantitative estimate of drug-likeness (QED) is 0.806. The molecule has 1 fully saturated rings. The third-order valence-corrected chi connectivity index (χ3v) is 6.24. The summed E-state index contributed by atoms with van der Waals surface area (Å²) in [6.07, 6.45) is -0.0672. The molecular weight excluding hydrogens is 332 g/mol. The molecule has 0 spiro atoms. The first-order valence-corrected chi connectivity index (χ1v) is 8.73. The fraction of sp³-hybridized carbons (Fsp3) is 0.462. The summed E-state index contributed by atoms with van der Waals surface area (Å²) in [7, 11) is -3.73. The number of halogens is 1. The minimum Gasteiger partial charge on any atom is -0.393 e. The Labute approximate surface area is 134 Å². The summed E-state index contributed by atoms with van der Waals surface area (Å²) >= 11 is 10.9. The lowest BCUT2D eigenvalue weighted by molar-refractivity contribution is 0.0628. The van der Waals surface area contributed by atoms with E-state index in [1.807, 2.05) is 6.92 Å². The smallest absolute Gasteiger partial charge is 0.244 e. The van der Waals surface area contributed by atoms with E-state index in [2.05, 4.69) is 0 Å². The Kier molecular flexibility index (Phi) is 4.89. The lowest BCUT2D eigenvalue weighted by Crippen LogP contribution is -2.44. The maximum Gasteiger partial charge on any atom is 0.244 e. The highest BCUT2D eigenvalue weighted by Crippen LogP contribution is 2.29. The number of hydrogen-bond acceptors (Lipinski definition) is 4. The van der Waals surface area contributed by atoms with Crippen LogP contribution in [0.25, 0.3) is 0 Å². The molecule has 21 heavy (non-hydrogen) atoms. The number of piperidine rings is 1. The van der Waals surface area contributed by atoms with Crippen LogP contribution >= 0.6 is 23.8 Å². The minimum absolute atomic E-state index is 0.00180. The molecule has 2 rings (SSSR count). The Morgan fingerprint density at radius 1 is 1.52 bits per heavy atom. The monoisotopic (exact) mass is 348 g/mol. The summed E-state index contributed by atoms with van der Waals surface area (Å²) in [5.74, 6) is -0.119. The van der Waals surface area contributed by atoms with Gasteiger partial charge < -0.3 is 10.8 Å². The van der Waals surface area contributed by atoms with Crippen molar-refractivity contribution in [3.63, 3.8) is 0 Å². The van der Waals surface area contributed by atoms with Crippen molar-refractivity contribution in [1.82, 2.24) is 4.31 Å². The van der Waals surface area contributed by atoms with Crippen LogP contribution in [0.2, 0.25) is 5.02 Å². The number of thiocarbonyl (C=S) groups is 1. The highest BCUT2D eigenvalue weighted by molar-refractivity contribution is 7.89. The lowest BCUT2D eigenvalue weighted by Gasteiger charge is -2.33. The normalized spacial score (nSPS) is 24.0. The van der Waals surface area contributed by atoms with E-state index in [9.17, 15) is 13.5 Å². The van der Waals surface area contributed by atoms with Gasteiger partial charge in [-0.2, -0.15) is 4.31 Å². The molecule has 1 aromatic carbocycles. The van der Waals surface area contributed by atoms with Gasteiger partial charge in [-0.1, -0.05) is 36.8 Å². The van der Waals surface area contributed by atoms with Crippen LogP contribution in [0.15, 0.2) is 23.1 Å². The zero-order valence-corrected chi connectivity index (χ0v) is 13.9. The second kappa shape index (κ2) is 6.18. The van der Waals surface area contributed by atoms with Crippen LogP contribution in [0.1, 0.15) is 18.9 Å². The number of sulfonamides is 1. The number of nitrogens with zero attached hydrogens (tertiary/aromatic N) is 1. The predicted molar refractivity (Wildman–Crippen MR) is 85.9 cm³/mol. The molecule has 8 heteroatoms.